The molecular weight excluding hydrogens is 270 g/mol. The summed E-state index contributed by atoms with van der Waals surface area (Å²) in [6.45, 7) is 2.89. The number of carbonyl (C=O) groups is 1. The minimum Gasteiger partial charge on any atom is -0.426 e. The number of hydrogen-bond donors (Lipinski definition) is 1. The fourth-order valence-corrected chi connectivity index (χ4v) is 1.61. The maximum atomic E-state index is 11.6. The number of hydrogen-bond acceptors (Lipinski definition) is 3. The molecule has 0 unspecified atom stereocenters. The second kappa shape index (κ2) is 8.06. The van der Waals surface area contributed by atoms with Crippen molar-refractivity contribution in [1.82, 2.24) is 5.32 Å². The molecule has 0 aliphatic rings. The van der Waals surface area contributed by atoms with Crippen LogP contribution in [0.15, 0.2) is 24.3 Å². The van der Waals surface area contributed by atoms with Crippen LogP contribution in [0.4, 0.5) is 0 Å². The van der Waals surface area contributed by atoms with E-state index >= 15 is 0 Å². The van der Waals surface area contributed by atoms with Gasteiger partial charge in [-0.15, -0.1) is 0 Å². The molecule has 0 heterocycles. The molecular formula is C13H16ClNO2S. The van der Waals surface area contributed by atoms with Gasteiger partial charge in [-0.3, -0.25) is 4.79 Å². The highest BCUT2D eigenvalue weighted by Gasteiger charge is 2.08. The summed E-state index contributed by atoms with van der Waals surface area (Å²) in [4.78, 5) is 12.1. The van der Waals surface area contributed by atoms with Gasteiger partial charge in [0.25, 0.3) is 0 Å². The van der Waals surface area contributed by atoms with Crippen molar-refractivity contribution in [3.05, 3.63) is 29.3 Å². The van der Waals surface area contributed by atoms with Crippen molar-refractivity contribution in [2.45, 2.75) is 26.2 Å². The number of benzene rings is 1. The summed E-state index contributed by atoms with van der Waals surface area (Å²) in [6.07, 6.45) is 2.22. The molecule has 0 aliphatic carbocycles. The molecule has 0 bridgehead atoms. The van der Waals surface area contributed by atoms with Crippen LogP contribution in [0.5, 0.6) is 5.75 Å². The Bertz CT molecular complexity index is 406. The van der Waals surface area contributed by atoms with E-state index < -0.39 is 0 Å². The molecule has 1 N–H and O–H groups in total. The fraction of sp³-hybridized carbons (Fsp3) is 0.385. The maximum absolute atomic E-state index is 11.6. The van der Waals surface area contributed by atoms with E-state index in [1.165, 1.54) is 0 Å². The third-order valence-electron chi connectivity index (χ3n) is 2.20. The van der Waals surface area contributed by atoms with Gasteiger partial charge in [-0.1, -0.05) is 37.2 Å². The summed E-state index contributed by atoms with van der Waals surface area (Å²) in [7, 11) is 0. The molecule has 18 heavy (non-hydrogen) atoms. The zero-order valence-electron chi connectivity index (χ0n) is 10.2. The highest BCUT2D eigenvalue weighted by Crippen LogP contribution is 2.15. The lowest BCUT2D eigenvalue weighted by atomic mass is 10.3. The molecule has 1 aromatic carbocycles. The van der Waals surface area contributed by atoms with E-state index in [0.29, 0.717) is 15.8 Å². The highest BCUT2D eigenvalue weighted by molar-refractivity contribution is 7.80. The first-order valence-corrected chi connectivity index (χ1v) is 6.63. The number of esters is 1. The van der Waals surface area contributed by atoms with Gasteiger partial charge in [0.05, 0.1) is 11.4 Å². The highest BCUT2D eigenvalue weighted by atomic mass is 35.5. The number of thiocarbonyl (C=S) groups is 1. The summed E-state index contributed by atoms with van der Waals surface area (Å²) in [5, 5.41) is 3.62. The van der Waals surface area contributed by atoms with Crippen molar-refractivity contribution in [2.75, 3.05) is 6.54 Å². The minimum absolute atomic E-state index is 0.0989. The van der Waals surface area contributed by atoms with Crippen molar-refractivity contribution in [3.8, 4) is 5.75 Å². The van der Waals surface area contributed by atoms with Crippen LogP contribution < -0.4 is 10.1 Å². The molecule has 1 rings (SSSR count). The fourth-order valence-electron chi connectivity index (χ4n) is 1.27. The maximum Gasteiger partial charge on any atom is 0.318 e. The Balaban J connectivity index is 2.32. The first kappa shape index (κ1) is 14.9. The van der Waals surface area contributed by atoms with E-state index in [1.54, 1.807) is 24.3 Å². The summed E-state index contributed by atoms with van der Waals surface area (Å²) in [5.74, 6) is 0.104. The number of halogens is 1. The molecule has 0 radical (unpaired) electrons. The predicted octanol–water partition coefficient (Wildman–Crippen LogP) is 3.35. The Morgan fingerprint density at radius 2 is 2.06 bits per heavy atom. The summed E-state index contributed by atoms with van der Waals surface area (Å²) >= 11 is 10.8. The largest absolute Gasteiger partial charge is 0.426 e. The van der Waals surface area contributed by atoms with Crippen LogP contribution in [0.2, 0.25) is 5.02 Å². The molecule has 0 atom stereocenters. The third kappa shape index (κ3) is 5.98. The second-order valence-electron chi connectivity index (χ2n) is 3.81. The van der Waals surface area contributed by atoms with E-state index in [-0.39, 0.29) is 12.4 Å². The Morgan fingerprint density at radius 3 is 2.67 bits per heavy atom. The second-order valence-corrected chi connectivity index (χ2v) is 4.74. The van der Waals surface area contributed by atoms with Crippen LogP contribution in [-0.4, -0.2) is 17.5 Å². The lowest BCUT2D eigenvalue weighted by Gasteiger charge is -2.07. The predicted molar refractivity (Wildman–Crippen MR) is 77.2 cm³/mol. The van der Waals surface area contributed by atoms with E-state index in [2.05, 4.69) is 12.2 Å². The lowest BCUT2D eigenvalue weighted by Crippen LogP contribution is -2.26. The zero-order valence-corrected chi connectivity index (χ0v) is 11.8. The molecule has 0 aliphatic heterocycles. The molecule has 0 saturated carbocycles. The van der Waals surface area contributed by atoms with Gasteiger partial charge in [-0.25, -0.2) is 0 Å². The van der Waals surface area contributed by atoms with Crippen LogP contribution in [0.25, 0.3) is 0 Å². The monoisotopic (exact) mass is 285 g/mol. The van der Waals surface area contributed by atoms with Crippen LogP contribution in [0.3, 0.4) is 0 Å². The average Bonchev–Trinajstić information content (AvgIpc) is 2.32. The van der Waals surface area contributed by atoms with Crippen LogP contribution >= 0.6 is 23.8 Å². The smallest absolute Gasteiger partial charge is 0.318 e. The Kier molecular flexibility index (Phi) is 6.68. The summed E-state index contributed by atoms with van der Waals surface area (Å²) in [5.41, 5.74) is 0. The van der Waals surface area contributed by atoms with Crippen molar-refractivity contribution in [2.24, 2.45) is 0 Å². The Morgan fingerprint density at radius 1 is 1.39 bits per heavy atom. The minimum atomic E-state index is -0.369. The van der Waals surface area contributed by atoms with Gasteiger partial charge in [-0.2, -0.15) is 0 Å². The Hall–Kier alpha value is -1.13. The standard InChI is InChI=1S/C13H16ClNO2S/c1-2-3-8-15-12(18)9-13(16)17-11-6-4-10(14)5-7-11/h4-7H,2-3,8-9H2,1H3,(H,15,18). The van der Waals surface area contributed by atoms with Crippen LogP contribution in [0.1, 0.15) is 26.2 Å². The normalized spacial score (nSPS) is 9.89. The van der Waals surface area contributed by atoms with Crippen LogP contribution in [0, 0.1) is 0 Å². The van der Waals surface area contributed by atoms with Crippen molar-refractivity contribution >= 4 is 34.8 Å². The molecule has 0 spiro atoms. The van der Waals surface area contributed by atoms with Crippen molar-refractivity contribution in [3.63, 3.8) is 0 Å². The van der Waals surface area contributed by atoms with Gasteiger partial charge in [0.1, 0.15) is 5.75 Å². The van der Waals surface area contributed by atoms with Crippen molar-refractivity contribution < 1.29 is 9.53 Å². The summed E-state index contributed by atoms with van der Waals surface area (Å²) < 4.78 is 5.12. The van der Waals surface area contributed by atoms with Gasteiger partial charge in [0.2, 0.25) is 0 Å². The van der Waals surface area contributed by atoms with E-state index in [9.17, 15) is 4.79 Å². The Labute approximate surface area is 117 Å². The number of unbranched alkanes of at least 4 members (excludes halogenated alkanes) is 1. The molecule has 98 valence electrons. The molecule has 0 saturated heterocycles. The van der Waals surface area contributed by atoms with E-state index in [0.717, 1.165) is 19.4 Å². The third-order valence-corrected chi connectivity index (χ3v) is 2.74. The zero-order chi connectivity index (χ0) is 13.4. The summed E-state index contributed by atoms with van der Waals surface area (Å²) in [6, 6.07) is 6.63. The molecule has 5 heteroatoms. The molecule has 0 amide bonds. The van der Waals surface area contributed by atoms with Gasteiger partial charge < -0.3 is 10.1 Å². The first-order chi connectivity index (χ1) is 8.61. The average molecular weight is 286 g/mol. The SMILES string of the molecule is CCCCNC(=S)CC(=O)Oc1ccc(Cl)cc1. The first-order valence-electron chi connectivity index (χ1n) is 5.84. The molecule has 1 aromatic rings. The van der Waals surface area contributed by atoms with Gasteiger partial charge >= 0.3 is 5.97 Å². The quantitative estimate of drug-likeness (QED) is 0.376. The van der Waals surface area contributed by atoms with Gasteiger partial charge in [0.15, 0.2) is 0 Å². The number of ether oxygens (including phenoxy) is 1. The number of carbonyl (C=O) groups excluding carboxylic acids is 1. The number of nitrogens with one attached hydrogen (secondary N) is 1. The number of rotatable bonds is 6. The van der Waals surface area contributed by atoms with Crippen LogP contribution in [-0.2, 0) is 4.79 Å². The topological polar surface area (TPSA) is 38.3 Å². The molecule has 0 fully saturated rings. The van der Waals surface area contributed by atoms with E-state index in [1.807, 2.05) is 0 Å². The van der Waals surface area contributed by atoms with E-state index in [4.69, 9.17) is 28.6 Å². The van der Waals surface area contributed by atoms with Crippen molar-refractivity contribution in [1.29, 1.82) is 0 Å². The lowest BCUT2D eigenvalue weighted by molar-refractivity contribution is -0.133. The van der Waals surface area contributed by atoms with Gasteiger partial charge in [0, 0.05) is 11.6 Å². The molecule has 0 aromatic heterocycles. The molecule has 3 nitrogen and oxygen atoms in total. The van der Waals surface area contributed by atoms with Gasteiger partial charge in [-0.05, 0) is 30.7 Å².